The minimum Gasteiger partial charge on any atom is -0.224 e. The van der Waals surface area contributed by atoms with Gasteiger partial charge in [0.1, 0.15) is 0 Å². The molecule has 0 bridgehead atoms. The van der Waals surface area contributed by atoms with E-state index >= 15 is 0 Å². The second-order valence-corrected chi connectivity index (χ2v) is 6.74. The van der Waals surface area contributed by atoms with Crippen molar-refractivity contribution >= 4 is 52.9 Å². The molecule has 1 heterocycles. The van der Waals surface area contributed by atoms with Gasteiger partial charge in [0.15, 0.2) is 0 Å². The highest BCUT2D eigenvalue weighted by atomic mass is 35.7. The molecule has 0 spiro atoms. The average Bonchev–Trinajstić information content (AvgIpc) is 2.45. The molecule has 0 saturated carbocycles. The maximum absolute atomic E-state index is 11.0. The summed E-state index contributed by atoms with van der Waals surface area (Å²) < 4.78 is 22.5. The third kappa shape index (κ3) is 1.86. The maximum atomic E-state index is 11.0. The predicted molar refractivity (Wildman–Crippen MR) is 57.7 cm³/mol. The molecule has 2 rings (SSSR count). The van der Waals surface area contributed by atoms with Gasteiger partial charge in [0, 0.05) is 15.7 Å². The fourth-order valence-electron chi connectivity index (χ4n) is 0.982. The van der Waals surface area contributed by atoms with Gasteiger partial charge < -0.3 is 0 Å². The number of aromatic nitrogens is 1. The number of hydrogen-bond acceptors (Lipinski definition) is 4. The molecule has 0 radical (unpaired) electrons. The fourth-order valence-corrected chi connectivity index (χ4v) is 3.22. The molecule has 2 aromatic rings. The Kier molecular flexibility index (Phi) is 2.43. The van der Waals surface area contributed by atoms with E-state index in [1.165, 1.54) is 0 Å². The van der Waals surface area contributed by atoms with Crippen molar-refractivity contribution in [1.82, 2.24) is 4.98 Å². The summed E-state index contributed by atoms with van der Waals surface area (Å²) in [5, 5.41) is 0.541. The van der Waals surface area contributed by atoms with Crippen LogP contribution >= 0.6 is 33.6 Å². The van der Waals surface area contributed by atoms with E-state index in [0.29, 0.717) is 15.2 Å². The summed E-state index contributed by atoms with van der Waals surface area (Å²) in [6.07, 6.45) is 0. The first-order valence-electron chi connectivity index (χ1n) is 3.47. The van der Waals surface area contributed by atoms with Gasteiger partial charge in [-0.05, 0) is 18.2 Å². The van der Waals surface area contributed by atoms with Crippen LogP contribution in [0.25, 0.3) is 10.2 Å². The van der Waals surface area contributed by atoms with Gasteiger partial charge in [-0.15, -0.1) is 11.3 Å². The van der Waals surface area contributed by atoms with E-state index in [2.05, 4.69) is 4.98 Å². The highest BCUT2D eigenvalue weighted by Gasteiger charge is 2.15. The lowest BCUT2D eigenvalue weighted by Crippen LogP contribution is -1.87. The average molecular weight is 268 g/mol. The molecule has 0 atom stereocenters. The van der Waals surface area contributed by atoms with Crippen molar-refractivity contribution in [1.29, 1.82) is 0 Å². The summed E-state index contributed by atoms with van der Waals surface area (Å²) in [5.74, 6) is 0. The van der Waals surface area contributed by atoms with Crippen molar-refractivity contribution in [3.63, 3.8) is 0 Å². The number of nitrogens with zero attached hydrogens (tertiary/aromatic N) is 1. The van der Waals surface area contributed by atoms with E-state index in [1.807, 2.05) is 0 Å². The number of benzene rings is 1. The van der Waals surface area contributed by atoms with E-state index in [9.17, 15) is 8.42 Å². The molecule has 0 amide bonds. The highest BCUT2D eigenvalue weighted by molar-refractivity contribution is 8.15. The zero-order valence-electron chi connectivity index (χ0n) is 6.57. The molecule has 0 saturated heterocycles. The van der Waals surface area contributed by atoms with Gasteiger partial charge >= 0.3 is 0 Å². The summed E-state index contributed by atoms with van der Waals surface area (Å²) in [7, 11) is 1.42. The third-order valence-corrected chi connectivity index (χ3v) is 4.72. The second-order valence-electron chi connectivity index (χ2n) is 2.53. The molecule has 0 aliphatic heterocycles. The first kappa shape index (κ1) is 10.2. The van der Waals surface area contributed by atoms with Crippen LogP contribution in [0, 0.1) is 0 Å². The van der Waals surface area contributed by atoms with E-state index in [0.717, 1.165) is 11.3 Å². The molecule has 7 heteroatoms. The molecule has 14 heavy (non-hydrogen) atoms. The number of fused-ring (bicyclic) bond motifs is 1. The van der Waals surface area contributed by atoms with Gasteiger partial charge in [-0.25, -0.2) is 13.4 Å². The summed E-state index contributed by atoms with van der Waals surface area (Å²) in [6, 6.07) is 4.95. The number of thiazole rings is 1. The topological polar surface area (TPSA) is 47.0 Å². The van der Waals surface area contributed by atoms with E-state index < -0.39 is 9.05 Å². The van der Waals surface area contributed by atoms with Crippen LogP contribution in [-0.2, 0) is 9.05 Å². The molecular weight excluding hydrogens is 265 g/mol. The molecule has 1 aromatic heterocycles. The number of hydrogen-bond donors (Lipinski definition) is 0. The number of halogens is 2. The van der Waals surface area contributed by atoms with Crippen LogP contribution in [0.15, 0.2) is 22.5 Å². The highest BCUT2D eigenvalue weighted by Crippen LogP contribution is 2.29. The molecule has 0 aliphatic carbocycles. The van der Waals surface area contributed by atoms with Crippen molar-refractivity contribution in [2.24, 2.45) is 0 Å². The molecule has 1 aromatic carbocycles. The Morgan fingerprint density at radius 1 is 1.36 bits per heavy atom. The molecule has 0 N–H and O–H groups in total. The Morgan fingerprint density at radius 2 is 2.07 bits per heavy atom. The fraction of sp³-hybridized carbons (Fsp3) is 0. The smallest absolute Gasteiger partial charge is 0.224 e. The van der Waals surface area contributed by atoms with Crippen molar-refractivity contribution in [3.8, 4) is 0 Å². The standard InChI is InChI=1S/C7H3Cl2NO2S2/c8-4-1-2-5-6(3-4)13-7(10-5)14(9,11)12/h1-3H. The quantitative estimate of drug-likeness (QED) is 0.747. The SMILES string of the molecule is O=S(=O)(Cl)c1nc2ccc(Cl)cc2s1. The summed E-state index contributed by atoms with van der Waals surface area (Å²) >= 11 is 6.74. The molecule has 74 valence electrons. The van der Waals surface area contributed by atoms with Gasteiger partial charge in [0.05, 0.1) is 10.2 Å². The van der Waals surface area contributed by atoms with Crippen molar-refractivity contribution in [2.75, 3.05) is 0 Å². The van der Waals surface area contributed by atoms with Crippen LogP contribution in [0.1, 0.15) is 0 Å². The first-order valence-corrected chi connectivity index (χ1v) is 6.98. The van der Waals surface area contributed by atoms with Gasteiger partial charge in [-0.3, -0.25) is 0 Å². The second kappa shape index (κ2) is 3.34. The molecule has 0 unspecified atom stereocenters. The van der Waals surface area contributed by atoms with Gasteiger partial charge in [-0.2, -0.15) is 0 Å². The Labute approximate surface area is 93.7 Å². The Balaban J connectivity index is 2.75. The van der Waals surface area contributed by atoms with E-state index in [1.54, 1.807) is 18.2 Å². The normalized spacial score (nSPS) is 12.1. The zero-order valence-corrected chi connectivity index (χ0v) is 9.71. The maximum Gasteiger partial charge on any atom is 0.288 e. The van der Waals surface area contributed by atoms with Crippen LogP contribution in [0.3, 0.4) is 0 Å². The van der Waals surface area contributed by atoms with Crippen LogP contribution < -0.4 is 0 Å². The van der Waals surface area contributed by atoms with Gasteiger partial charge in [0.25, 0.3) is 9.05 Å². The zero-order chi connectivity index (χ0) is 10.3. The molecule has 0 aliphatic rings. The lowest BCUT2D eigenvalue weighted by Gasteiger charge is -1.86. The third-order valence-electron chi connectivity index (χ3n) is 1.54. The van der Waals surface area contributed by atoms with Crippen LogP contribution in [0.5, 0.6) is 0 Å². The lowest BCUT2D eigenvalue weighted by molar-refractivity contribution is 0.609. The Hall–Kier alpha value is -0.360. The largest absolute Gasteiger partial charge is 0.288 e. The van der Waals surface area contributed by atoms with Gasteiger partial charge in [-0.1, -0.05) is 11.6 Å². The minimum atomic E-state index is -3.74. The molecule has 3 nitrogen and oxygen atoms in total. The Morgan fingerprint density at radius 3 is 2.71 bits per heavy atom. The summed E-state index contributed by atoms with van der Waals surface area (Å²) in [6.45, 7) is 0. The summed E-state index contributed by atoms with van der Waals surface area (Å²) in [4.78, 5) is 3.87. The van der Waals surface area contributed by atoms with Crippen LogP contribution in [-0.4, -0.2) is 13.4 Å². The van der Waals surface area contributed by atoms with Crippen LogP contribution in [0.4, 0.5) is 0 Å². The first-order chi connectivity index (χ1) is 6.47. The van der Waals surface area contributed by atoms with Crippen molar-refractivity contribution in [2.45, 2.75) is 4.34 Å². The minimum absolute atomic E-state index is 0.101. The van der Waals surface area contributed by atoms with E-state index in [-0.39, 0.29) is 4.34 Å². The van der Waals surface area contributed by atoms with Crippen molar-refractivity contribution < 1.29 is 8.42 Å². The van der Waals surface area contributed by atoms with E-state index in [4.69, 9.17) is 22.3 Å². The lowest BCUT2D eigenvalue weighted by atomic mass is 10.3. The monoisotopic (exact) mass is 267 g/mol. The Bertz CT molecular complexity index is 591. The summed E-state index contributed by atoms with van der Waals surface area (Å²) in [5.41, 5.74) is 0.582. The van der Waals surface area contributed by atoms with Crippen LogP contribution in [0.2, 0.25) is 5.02 Å². The number of rotatable bonds is 1. The predicted octanol–water partition coefficient (Wildman–Crippen LogP) is 2.88. The van der Waals surface area contributed by atoms with Crippen molar-refractivity contribution in [3.05, 3.63) is 23.2 Å². The molecular formula is C7H3Cl2NO2S2. The van der Waals surface area contributed by atoms with Gasteiger partial charge in [0.2, 0.25) is 4.34 Å². The molecule has 0 fully saturated rings.